The van der Waals surface area contributed by atoms with Crippen molar-refractivity contribution in [2.24, 2.45) is 0 Å². The van der Waals surface area contributed by atoms with Gasteiger partial charge < -0.3 is 14.8 Å². The van der Waals surface area contributed by atoms with E-state index in [9.17, 15) is 9.59 Å². The van der Waals surface area contributed by atoms with E-state index in [0.717, 1.165) is 0 Å². The third-order valence-electron chi connectivity index (χ3n) is 3.10. The third kappa shape index (κ3) is 4.72. The van der Waals surface area contributed by atoms with Crippen LogP contribution in [0.1, 0.15) is 15.9 Å². The second kappa shape index (κ2) is 7.65. The number of ether oxygens (including phenoxy) is 2. The SMILES string of the molecule is COc1ccc(C(=O)OCC(=O)Nc2cccc(Cl)c2)c(C)c1. The maximum Gasteiger partial charge on any atom is 0.338 e. The van der Waals surface area contributed by atoms with Gasteiger partial charge in [-0.15, -0.1) is 0 Å². The van der Waals surface area contributed by atoms with Gasteiger partial charge in [-0.05, 0) is 48.9 Å². The first kappa shape index (κ1) is 16.8. The van der Waals surface area contributed by atoms with Gasteiger partial charge in [-0.25, -0.2) is 4.79 Å². The van der Waals surface area contributed by atoms with E-state index in [4.69, 9.17) is 21.1 Å². The van der Waals surface area contributed by atoms with Crippen LogP contribution in [-0.2, 0) is 9.53 Å². The highest BCUT2D eigenvalue weighted by atomic mass is 35.5. The summed E-state index contributed by atoms with van der Waals surface area (Å²) < 4.78 is 10.1. The van der Waals surface area contributed by atoms with E-state index in [0.29, 0.717) is 27.6 Å². The summed E-state index contributed by atoms with van der Waals surface area (Å²) in [5.41, 5.74) is 1.64. The summed E-state index contributed by atoms with van der Waals surface area (Å²) in [6.07, 6.45) is 0. The predicted molar refractivity (Wildman–Crippen MR) is 88.1 cm³/mol. The quantitative estimate of drug-likeness (QED) is 0.851. The summed E-state index contributed by atoms with van der Waals surface area (Å²) in [6, 6.07) is 11.7. The fourth-order valence-corrected chi connectivity index (χ4v) is 2.15. The molecule has 0 bridgehead atoms. The second-order valence-corrected chi connectivity index (χ2v) is 5.25. The van der Waals surface area contributed by atoms with Gasteiger partial charge in [0.15, 0.2) is 6.61 Å². The maximum atomic E-state index is 12.0. The van der Waals surface area contributed by atoms with Crippen LogP contribution in [0.25, 0.3) is 0 Å². The summed E-state index contributed by atoms with van der Waals surface area (Å²) in [5, 5.41) is 3.11. The summed E-state index contributed by atoms with van der Waals surface area (Å²) in [5.74, 6) is -0.351. The molecule has 23 heavy (non-hydrogen) atoms. The molecule has 0 spiro atoms. The number of halogens is 1. The highest BCUT2D eigenvalue weighted by Gasteiger charge is 2.13. The van der Waals surface area contributed by atoms with Gasteiger partial charge in [0.05, 0.1) is 12.7 Å². The lowest BCUT2D eigenvalue weighted by atomic mass is 10.1. The van der Waals surface area contributed by atoms with E-state index in [-0.39, 0.29) is 6.61 Å². The van der Waals surface area contributed by atoms with Crippen LogP contribution >= 0.6 is 11.6 Å². The Hall–Kier alpha value is -2.53. The average Bonchev–Trinajstić information content (AvgIpc) is 2.52. The van der Waals surface area contributed by atoms with Crippen molar-refractivity contribution < 1.29 is 19.1 Å². The van der Waals surface area contributed by atoms with Crippen molar-refractivity contribution >= 4 is 29.2 Å². The number of benzene rings is 2. The lowest BCUT2D eigenvalue weighted by Crippen LogP contribution is -2.21. The fraction of sp³-hybridized carbons (Fsp3) is 0.176. The molecule has 1 amide bonds. The molecule has 0 aliphatic rings. The van der Waals surface area contributed by atoms with Gasteiger partial charge in [-0.3, -0.25) is 4.79 Å². The van der Waals surface area contributed by atoms with Crippen LogP contribution in [0, 0.1) is 6.92 Å². The Balaban J connectivity index is 1.92. The van der Waals surface area contributed by atoms with Crippen LogP contribution in [0.4, 0.5) is 5.69 Å². The minimum absolute atomic E-state index is 0.378. The van der Waals surface area contributed by atoms with Crippen LogP contribution in [0.3, 0.4) is 0 Å². The van der Waals surface area contributed by atoms with Gasteiger partial charge in [0.25, 0.3) is 5.91 Å². The van der Waals surface area contributed by atoms with Gasteiger partial charge in [0.2, 0.25) is 0 Å². The molecule has 0 unspecified atom stereocenters. The largest absolute Gasteiger partial charge is 0.497 e. The van der Waals surface area contributed by atoms with Gasteiger partial charge in [0, 0.05) is 10.7 Å². The number of amides is 1. The number of aryl methyl sites for hydroxylation is 1. The standard InChI is InChI=1S/C17H16ClNO4/c1-11-8-14(22-2)6-7-15(11)17(21)23-10-16(20)19-13-5-3-4-12(18)9-13/h3-9H,10H2,1-2H3,(H,19,20). The molecule has 120 valence electrons. The molecular weight excluding hydrogens is 318 g/mol. The molecule has 6 heteroatoms. The number of esters is 1. The van der Waals surface area contributed by atoms with Crippen molar-refractivity contribution in [2.75, 3.05) is 19.0 Å². The lowest BCUT2D eigenvalue weighted by Gasteiger charge is -2.09. The Labute approximate surface area is 139 Å². The number of anilines is 1. The van der Waals surface area contributed by atoms with Crippen molar-refractivity contribution in [1.29, 1.82) is 0 Å². The van der Waals surface area contributed by atoms with Crippen molar-refractivity contribution in [2.45, 2.75) is 6.92 Å². The van der Waals surface area contributed by atoms with E-state index >= 15 is 0 Å². The molecule has 5 nitrogen and oxygen atoms in total. The Bertz CT molecular complexity index is 730. The summed E-state index contributed by atoms with van der Waals surface area (Å²) in [4.78, 5) is 23.8. The highest BCUT2D eigenvalue weighted by Crippen LogP contribution is 2.18. The minimum atomic E-state index is -0.564. The molecule has 0 aliphatic heterocycles. The van der Waals surface area contributed by atoms with Crippen LogP contribution < -0.4 is 10.1 Å². The average molecular weight is 334 g/mol. The van der Waals surface area contributed by atoms with E-state index in [2.05, 4.69) is 5.32 Å². The van der Waals surface area contributed by atoms with Crippen molar-refractivity contribution in [1.82, 2.24) is 0 Å². The van der Waals surface area contributed by atoms with Crippen molar-refractivity contribution in [3.8, 4) is 5.75 Å². The summed E-state index contributed by atoms with van der Waals surface area (Å²) >= 11 is 5.83. The first-order valence-corrected chi connectivity index (χ1v) is 7.24. The predicted octanol–water partition coefficient (Wildman–Crippen LogP) is 3.45. The molecule has 2 aromatic carbocycles. The minimum Gasteiger partial charge on any atom is -0.497 e. The number of hydrogen-bond donors (Lipinski definition) is 1. The topological polar surface area (TPSA) is 64.6 Å². The Morgan fingerprint density at radius 3 is 2.61 bits per heavy atom. The molecule has 0 atom stereocenters. The number of hydrogen-bond acceptors (Lipinski definition) is 4. The molecule has 0 fully saturated rings. The molecule has 0 aromatic heterocycles. The van der Waals surface area contributed by atoms with Crippen LogP contribution in [-0.4, -0.2) is 25.6 Å². The maximum absolute atomic E-state index is 12.0. The number of carbonyl (C=O) groups excluding carboxylic acids is 2. The second-order valence-electron chi connectivity index (χ2n) is 4.82. The Kier molecular flexibility index (Phi) is 5.60. The third-order valence-corrected chi connectivity index (χ3v) is 3.33. The molecule has 0 aliphatic carbocycles. The van der Waals surface area contributed by atoms with Gasteiger partial charge >= 0.3 is 5.97 Å². The Morgan fingerprint density at radius 1 is 1.17 bits per heavy atom. The molecule has 2 aromatic rings. The van der Waals surface area contributed by atoms with Crippen LogP contribution in [0.5, 0.6) is 5.75 Å². The molecule has 0 radical (unpaired) electrons. The number of carbonyl (C=O) groups is 2. The van der Waals surface area contributed by atoms with Crippen molar-refractivity contribution in [3.63, 3.8) is 0 Å². The zero-order valence-electron chi connectivity index (χ0n) is 12.8. The Morgan fingerprint density at radius 2 is 1.96 bits per heavy atom. The smallest absolute Gasteiger partial charge is 0.338 e. The van der Waals surface area contributed by atoms with Crippen molar-refractivity contribution in [3.05, 3.63) is 58.6 Å². The van der Waals surface area contributed by atoms with Gasteiger partial charge in [-0.1, -0.05) is 17.7 Å². The molecule has 2 rings (SSSR count). The first-order chi connectivity index (χ1) is 11.0. The van der Waals surface area contributed by atoms with Gasteiger partial charge in [-0.2, -0.15) is 0 Å². The molecule has 0 saturated carbocycles. The monoisotopic (exact) mass is 333 g/mol. The van der Waals surface area contributed by atoms with Gasteiger partial charge in [0.1, 0.15) is 5.75 Å². The number of nitrogens with one attached hydrogen (secondary N) is 1. The number of rotatable bonds is 5. The molecule has 0 heterocycles. The lowest BCUT2D eigenvalue weighted by molar-refractivity contribution is -0.119. The molecule has 1 N–H and O–H groups in total. The highest BCUT2D eigenvalue weighted by molar-refractivity contribution is 6.30. The first-order valence-electron chi connectivity index (χ1n) is 6.87. The normalized spacial score (nSPS) is 10.0. The van der Waals surface area contributed by atoms with E-state index in [1.807, 2.05) is 0 Å². The number of methoxy groups -OCH3 is 1. The summed E-state index contributed by atoms with van der Waals surface area (Å²) in [6.45, 7) is 1.39. The van der Waals surface area contributed by atoms with Crippen LogP contribution in [0.15, 0.2) is 42.5 Å². The zero-order chi connectivity index (χ0) is 16.8. The van der Waals surface area contributed by atoms with E-state index < -0.39 is 11.9 Å². The molecular formula is C17H16ClNO4. The fourth-order valence-electron chi connectivity index (χ4n) is 1.96. The van der Waals surface area contributed by atoms with E-state index in [1.54, 1.807) is 56.5 Å². The summed E-state index contributed by atoms with van der Waals surface area (Å²) in [7, 11) is 1.55. The van der Waals surface area contributed by atoms with E-state index in [1.165, 1.54) is 0 Å². The zero-order valence-corrected chi connectivity index (χ0v) is 13.5. The molecule has 0 saturated heterocycles. The van der Waals surface area contributed by atoms with Crippen LogP contribution in [0.2, 0.25) is 5.02 Å².